The fraction of sp³-hybridized carbons (Fsp3) is 0.100. The van der Waals surface area contributed by atoms with Gasteiger partial charge in [-0.25, -0.2) is 13.1 Å². The molecule has 0 spiro atoms. The normalized spacial score (nSPS) is 12.7. The first kappa shape index (κ1) is 16.4. The van der Waals surface area contributed by atoms with Gasteiger partial charge >= 0.3 is 0 Å². The predicted octanol–water partition coefficient (Wildman–Crippen LogP) is 4.39. The van der Waals surface area contributed by atoms with Crippen LogP contribution in [0.25, 0.3) is 11.1 Å². The van der Waals surface area contributed by atoms with E-state index in [9.17, 15) is 8.42 Å². The Kier molecular flexibility index (Phi) is 4.79. The minimum absolute atomic E-state index is 0.268. The van der Waals surface area contributed by atoms with E-state index in [1.54, 1.807) is 12.1 Å². The summed E-state index contributed by atoms with van der Waals surface area (Å²) in [5, 5.41) is 0. The van der Waals surface area contributed by atoms with E-state index in [1.807, 2.05) is 79.7 Å². The third-order valence-electron chi connectivity index (χ3n) is 3.90. The molecule has 0 aliphatic rings. The van der Waals surface area contributed by atoms with Gasteiger partial charge in [-0.3, -0.25) is 0 Å². The van der Waals surface area contributed by atoms with Crippen LogP contribution in [0.4, 0.5) is 0 Å². The molecule has 3 aromatic rings. The van der Waals surface area contributed by atoms with Gasteiger partial charge in [-0.1, -0.05) is 72.8 Å². The van der Waals surface area contributed by atoms with E-state index in [0.717, 1.165) is 16.7 Å². The van der Waals surface area contributed by atoms with E-state index < -0.39 is 10.0 Å². The zero-order valence-corrected chi connectivity index (χ0v) is 14.2. The minimum atomic E-state index is -3.56. The van der Waals surface area contributed by atoms with Crippen molar-refractivity contribution in [3.63, 3.8) is 0 Å². The van der Waals surface area contributed by atoms with Gasteiger partial charge in [0.05, 0.1) is 4.90 Å². The van der Waals surface area contributed by atoms with Crippen LogP contribution in [-0.2, 0) is 10.0 Å². The van der Waals surface area contributed by atoms with Crippen LogP contribution in [-0.4, -0.2) is 8.42 Å². The summed E-state index contributed by atoms with van der Waals surface area (Å²) in [4.78, 5) is 0.268. The van der Waals surface area contributed by atoms with E-state index in [2.05, 4.69) is 4.72 Å². The van der Waals surface area contributed by atoms with E-state index >= 15 is 0 Å². The first-order valence-corrected chi connectivity index (χ1v) is 9.27. The SMILES string of the molecule is CC(NS(=O)(=O)c1ccc(-c2ccccc2)cc1)c1ccccc1. The Morgan fingerprint density at radius 2 is 1.21 bits per heavy atom. The molecule has 0 aromatic heterocycles. The molecular weight excluding hydrogens is 318 g/mol. The molecule has 1 N–H and O–H groups in total. The summed E-state index contributed by atoms with van der Waals surface area (Å²) in [6.07, 6.45) is 0. The lowest BCUT2D eigenvalue weighted by atomic mass is 10.1. The van der Waals surface area contributed by atoms with Crippen LogP contribution >= 0.6 is 0 Å². The summed E-state index contributed by atoms with van der Waals surface area (Å²) in [6, 6.07) is 26.1. The Morgan fingerprint density at radius 1 is 0.708 bits per heavy atom. The lowest BCUT2D eigenvalue weighted by Crippen LogP contribution is -2.26. The average Bonchev–Trinajstić information content (AvgIpc) is 2.63. The highest BCUT2D eigenvalue weighted by Gasteiger charge is 2.18. The maximum absolute atomic E-state index is 12.6. The largest absolute Gasteiger partial charge is 0.241 e. The van der Waals surface area contributed by atoms with Gasteiger partial charge in [-0.2, -0.15) is 0 Å². The molecule has 1 unspecified atom stereocenters. The lowest BCUT2D eigenvalue weighted by molar-refractivity contribution is 0.567. The first-order chi connectivity index (χ1) is 11.6. The maximum atomic E-state index is 12.6. The van der Waals surface area contributed by atoms with Crippen LogP contribution in [0.2, 0.25) is 0 Å². The Morgan fingerprint density at radius 3 is 1.79 bits per heavy atom. The fourth-order valence-corrected chi connectivity index (χ4v) is 3.80. The molecule has 4 heteroatoms. The summed E-state index contributed by atoms with van der Waals surface area (Å²) < 4.78 is 27.8. The molecule has 0 amide bonds. The number of rotatable bonds is 5. The minimum Gasteiger partial charge on any atom is -0.207 e. The Balaban J connectivity index is 1.80. The third-order valence-corrected chi connectivity index (χ3v) is 5.46. The molecule has 0 heterocycles. The van der Waals surface area contributed by atoms with Crippen molar-refractivity contribution in [2.24, 2.45) is 0 Å². The van der Waals surface area contributed by atoms with Crippen molar-refractivity contribution in [1.29, 1.82) is 0 Å². The Hall–Kier alpha value is -2.43. The van der Waals surface area contributed by atoms with Crippen molar-refractivity contribution in [2.75, 3.05) is 0 Å². The standard InChI is InChI=1S/C20H19NO2S/c1-16(17-8-4-2-5-9-17)21-24(22,23)20-14-12-19(13-15-20)18-10-6-3-7-11-18/h2-16,21H,1H3. The number of hydrogen-bond donors (Lipinski definition) is 1. The highest BCUT2D eigenvalue weighted by Crippen LogP contribution is 2.22. The molecule has 3 rings (SSSR count). The molecule has 0 aliphatic carbocycles. The van der Waals surface area contributed by atoms with Crippen molar-refractivity contribution < 1.29 is 8.42 Å². The zero-order valence-electron chi connectivity index (χ0n) is 13.4. The molecule has 3 nitrogen and oxygen atoms in total. The van der Waals surface area contributed by atoms with E-state index in [0.29, 0.717) is 0 Å². The van der Waals surface area contributed by atoms with Gasteiger partial charge in [0.15, 0.2) is 0 Å². The van der Waals surface area contributed by atoms with Gasteiger partial charge in [-0.15, -0.1) is 0 Å². The lowest BCUT2D eigenvalue weighted by Gasteiger charge is -2.15. The molecule has 0 radical (unpaired) electrons. The second-order valence-corrected chi connectivity index (χ2v) is 7.36. The smallest absolute Gasteiger partial charge is 0.207 e. The fourth-order valence-electron chi connectivity index (χ4n) is 2.57. The summed E-state index contributed by atoms with van der Waals surface area (Å²) in [6.45, 7) is 1.84. The predicted molar refractivity (Wildman–Crippen MR) is 97.1 cm³/mol. The van der Waals surface area contributed by atoms with Crippen molar-refractivity contribution >= 4 is 10.0 Å². The van der Waals surface area contributed by atoms with Crippen molar-refractivity contribution in [3.05, 3.63) is 90.5 Å². The van der Waals surface area contributed by atoms with Crippen LogP contribution in [0.5, 0.6) is 0 Å². The highest BCUT2D eigenvalue weighted by molar-refractivity contribution is 7.89. The topological polar surface area (TPSA) is 46.2 Å². The molecule has 0 bridgehead atoms. The van der Waals surface area contributed by atoms with Gasteiger partial charge in [0, 0.05) is 6.04 Å². The summed E-state index contributed by atoms with van der Waals surface area (Å²) in [7, 11) is -3.56. The third kappa shape index (κ3) is 3.72. The second-order valence-electron chi connectivity index (χ2n) is 5.64. The van der Waals surface area contributed by atoms with E-state index in [1.165, 1.54) is 0 Å². The first-order valence-electron chi connectivity index (χ1n) is 7.79. The van der Waals surface area contributed by atoms with Gasteiger partial charge in [0.2, 0.25) is 10.0 Å². The molecule has 0 saturated carbocycles. The van der Waals surface area contributed by atoms with Gasteiger partial charge in [-0.05, 0) is 35.7 Å². The van der Waals surface area contributed by atoms with Crippen molar-refractivity contribution in [2.45, 2.75) is 17.9 Å². The average molecular weight is 337 g/mol. The van der Waals surface area contributed by atoms with Crippen LogP contribution in [0, 0.1) is 0 Å². The van der Waals surface area contributed by atoms with Gasteiger partial charge in [0.1, 0.15) is 0 Å². The zero-order chi connectivity index (χ0) is 17.0. The van der Waals surface area contributed by atoms with Crippen LogP contribution in [0.15, 0.2) is 89.8 Å². The Labute approximate surface area is 143 Å². The summed E-state index contributed by atoms with van der Waals surface area (Å²) in [5.41, 5.74) is 2.99. The monoisotopic (exact) mass is 337 g/mol. The van der Waals surface area contributed by atoms with E-state index in [-0.39, 0.29) is 10.9 Å². The van der Waals surface area contributed by atoms with Crippen molar-refractivity contribution in [3.8, 4) is 11.1 Å². The second kappa shape index (κ2) is 6.99. The number of benzene rings is 3. The molecule has 3 aromatic carbocycles. The molecule has 24 heavy (non-hydrogen) atoms. The number of hydrogen-bond acceptors (Lipinski definition) is 2. The molecular formula is C20H19NO2S. The highest BCUT2D eigenvalue weighted by atomic mass is 32.2. The van der Waals surface area contributed by atoms with Gasteiger partial charge in [0.25, 0.3) is 0 Å². The number of nitrogens with one attached hydrogen (secondary N) is 1. The number of sulfonamides is 1. The van der Waals surface area contributed by atoms with Crippen LogP contribution in [0.1, 0.15) is 18.5 Å². The maximum Gasteiger partial charge on any atom is 0.241 e. The molecule has 0 fully saturated rings. The quantitative estimate of drug-likeness (QED) is 0.750. The summed E-state index contributed by atoms with van der Waals surface area (Å²) in [5.74, 6) is 0. The molecule has 122 valence electrons. The van der Waals surface area contributed by atoms with Crippen LogP contribution < -0.4 is 4.72 Å². The summed E-state index contributed by atoms with van der Waals surface area (Å²) >= 11 is 0. The Bertz CT molecular complexity index is 889. The van der Waals surface area contributed by atoms with Gasteiger partial charge < -0.3 is 0 Å². The van der Waals surface area contributed by atoms with Crippen molar-refractivity contribution in [1.82, 2.24) is 4.72 Å². The van der Waals surface area contributed by atoms with Crippen LogP contribution in [0.3, 0.4) is 0 Å². The van der Waals surface area contributed by atoms with E-state index in [4.69, 9.17) is 0 Å². The molecule has 0 saturated heterocycles. The molecule has 0 aliphatic heterocycles. The molecule has 1 atom stereocenters.